The van der Waals surface area contributed by atoms with Crippen LogP contribution >= 0.6 is 0 Å². The second-order valence-electron chi connectivity index (χ2n) is 7.05. The lowest BCUT2D eigenvalue weighted by molar-refractivity contribution is -0.914. The molecule has 0 atom stereocenters. The van der Waals surface area contributed by atoms with E-state index in [1.807, 2.05) is 0 Å². The van der Waals surface area contributed by atoms with Crippen molar-refractivity contribution < 1.29 is 18.8 Å². The molecule has 1 aromatic heterocycles. The second-order valence-corrected chi connectivity index (χ2v) is 7.05. The number of hydrogen-bond donors (Lipinski definition) is 1. The molecule has 4 rings (SSSR count). The lowest BCUT2D eigenvalue weighted by atomic mass is 10.1. The van der Waals surface area contributed by atoms with Gasteiger partial charge in [-0.2, -0.15) is 0 Å². The fraction of sp³-hybridized carbons (Fsp3) is 0.286. The molecule has 2 heterocycles. The van der Waals surface area contributed by atoms with Crippen LogP contribution in [0.15, 0.2) is 51.7 Å². The summed E-state index contributed by atoms with van der Waals surface area (Å²) in [4.78, 5) is 15.6. The first kappa shape index (κ1) is 17.5. The molecule has 27 heavy (non-hydrogen) atoms. The van der Waals surface area contributed by atoms with Gasteiger partial charge in [0.15, 0.2) is 0 Å². The summed E-state index contributed by atoms with van der Waals surface area (Å²) < 4.78 is 18.4. The molecule has 2 aromatic carbocycles. The van der Waals surface area contributed by atoms with Gasteiger partial charge in [0.05, 0.1) is 26.2 Å². The van der Waals surface area contributed by atoms with E-state index in [9.17, 15) is 14.3 Å². The molecule has 0 spiro atoms. The largest absolute Gasteiger partial charge is 0.872 e. The van der Waals surface area contributed by atoms with E-state index in [1.54, 1.807) is 25.1 Å². The normalized spacial score (nSPS) is 15.4. The zero-order valence-electron chi connectivity index (χ0n) is 15.1. The summed E-state index contributed by atoms with van der Waals surface area (Å²) in [6.45, 7) is 5.95. The van der Waals surface area contributed by atoms with Crippen LogP contribution in [-0.4, -0.2) is 26.2 Å². The van der Waals surface area contributed by atoms with Crippen molar-refractivity contribution in [1.82, 2.24) is 0 Å². The molecule has 0 saturated carbocycles. The monoisotopic (exact) mass is 368 g/mol. The molecular weight excluding hydrogens is 347 g/mol. The first-order chi connectivity index (χ1) is 13.0. The number of benzene rings is 2. The summed E-state index contributed by atoms with van der Waals surface area (Å²) >= 11 is 0. The van der Waals surface area contributed by atoms with Gasteiger partial charge in [-0.1, -0.05) is 12.1 Å². The molecule has 3 aromatic rings. The highest BCUT2D eigenvalue weighted by Crippen LogP contribution is 2.25. The summed E-state index contributed by atoms with van der Waals surface area (Å²) in [6, 6.07) is 11.4. The van der Waals surface area contributed by atoms with Crippen molar-refractivity contribution in [2.24, 2.45) is 0 Å². The zero-order valence-corrected chi connectivity index (χ0v) is 15.1. The summed E-state index contributed by atoms with van der Waals surface area (Å²) in [5, 5.41) is 12.7. The van der Waals surface area contributed by atoms with Crippen molar-refractivity contribution in [2.75, 3.05) is 31.1 Å². The second kappa shape index (κ2) is 7.04. The molecule has 5 nitrogen and oxygen atoms in total. The average molecular weight is 368 g/mol. The Balaban J connectivity index is 1.52. The van der Waals surface area contributed by atoms with Crippen LogP contribution in [0, 0.1) is 12.7 Å². The van der Waals surface area contributed by atoms with Crippen molar-refractivity contribution >= 4 is 16.7 Å². The average Bonchev–Trinajstić information content (AvgIpc) is 2.66. The van der Waals surface area contributed by atoms with Crippen molar-refractivity contribution in [3.8, 4) is 5.75 Å². The minimum Gasteiger partial charge on any atom is -0.872 e. The Morgan fingerprint density at radius 1 is 1.15 bits per heavy atom. The standard InChI is InChI=1S/C21H21FN2O3/c1-14-19(25)7-6-18-15(12-20(26)27-21(14)18)13-23-8-10-24(11-9-23)17-4-2-16(22)3-5-17/h2-7,12,25H,8-11,13H2,1H3. The van der Waals surface area contributed by atoms with Crippen molar-refractivity contribution in [3.63, 3.8) is 0 Å². The summed E-state index contributed by atoms with van der Waals surface area (Å²) in [6.07, 6.45) is 0. The van der Waals surface area contributed by atoms with Gasteiger partial charge in [0, 0.05) is 22.7 Å². The Bertz CT molecular complexity index is 1020. The van der Waals surface area contributed by atoms with Gasteiger partial charge in [-0.3, -0.25) is 0 Å². The van der Waals surface area contributed by atoms with Crippen LogP contribution in [0.25, 0.3) is 11.0 Å². The van der Waals surface area contributed by atoms with Crippen LogP contribution in [0.3, 0.4) is 0 Å². The number of nitrogens with zero attached hydrogens (tertiary/aromatic N) is 1. The number of fused-ring (bicyclic) bond motifs is 1. The Hall–Kier alpha value is -2.86. The maximum Gasteiger partial charge on any atom is 0.336 e. The molecule has 1 saturated heterocycles. The van der Waals surface area contributed by atoms with E-state index in [4.69, 9.17) is 4.42 Å². The van der Waals surface area contributed by atoms with E-state index in [2.05, 4.69) is 4.90 Å². The molecule has 140 valence electrons. The highest BCUT2D eigenvalue weighted by atomic mass is 19.1. The number of quaternary nitrogens is 1. The highest BCUT2D eigenvalue weighted by molar-refractivity contribution is 5.84. The van der Waals surface area contributed by atoms with Gasteiger partial charge < -0.3 is 19.3 Å². The molecule has 0 bridgehead atoms. The highest BCUT2D eigenvalue weighted by Gasteiger charge is 2.22. The molecule has 0 unspecified atom stereocenters. The lowest BCUT2D eigenvalue weighted by Gasteiger charge is -2.33. The van der Waals surface area contributed by atoms with Crippen LogP contribution in [0.4, 0.5) is 10.1 Å². The molecule has 6 heteroatoms. The van der Waals surface area contributed by atoms with Crippen LogP contribution in [0.2, 0.25) is 0 Å². The zero-order chi connectivity index (χ0) is 19.0. The predicted molar refractivity (Wildman–Crippen MR) is 99.7 cm³/mol. The molecule has 0 amide bonds. The Morgan fingerprint density at radius 3 is 2.56 bits per heavy atom. The Labute approximate surface area is 156 Å². The topological polar surface area (TPSA) is 61.0 Å². The van der Waals surface area contributed by atoms with Gasteiger partial charge in [-0.15, -0.1) is 5.75 Å². The molecule has 1 N–H and O–H groups in total. The van der Waals surface area contributed by atoms with E-state index in [1.165, 1.54) is 29.2 Å². The fourth-order valence-electron chi connectivity index (χ4n) is 3.73. The van der Waals surface area contributed by atoms with Crippen LogP contribution in [0.1, 0.15) is 11.1 Å². The van der Waals surface area contributed by atoms with E-state index in [0.29, 0.717) is 17.7 Å². The summed E-state index contributed by atoms with van der Waals surface area (Å²) in [7, 11) is 0. The smallest absolute Gasteiger partial charge is 0.336 e. The number of aryl methyl sites for hydroxylation is 1. The number of nitrogens with one attached hydrogen (secondary N) is 1. The first-order valence-electron chi connectivity index (χ1n) is 9.09. The molecular formula is C21H21FN2O3. The molecule has 1 fully saturated rings. The SMILES string of the molecule is Cc1c([O-])ccc2c(C[NH+]3CCN(c4ccc(F)cc4)CC3)cc(=O)oc12. The summed E-state index contributed by atoms with van der Waals surface area (Å²) in [5.74, 6) is -0.350. The van der Waals surface area contributed by atoms with Crippen LogP contribution < -0.4 is 20.5 Å². The number of halogens is 1. The Kier molecular flexibility index (Phi) is 4.58. The molecule has 1 aliphatic rings. The maximum atomic E-state index is 13.1. The van der Waals surface area contributed by atoms with Crippen molar-refractivity contribution in [3.05, 3.63) is 69.8 Å². The van der Waals surface area contributed by atoms with Gasteiger partial charge in [0.2, 0.25) is 0 Å². The minimum absolute atomic E-state index is 0.122. The van der Waals surface area contributed by atoms with Crippen molar-refractivity contribution in [1.29, 1.82) is 0 Å². The van der Waals surface area contributed by atoms with Gasteiger partial charge in [0.25, 0.3) is 0 Å². The van der Waals surface area contributed by atoms with E-state index in [-0.39, 0.29) is 11.6 Å². The Morgan fingerprint density at radius 2 is 1.85 bits per heavy atom. The van der Waals surface area contributed by atoms with Crippen LogP contribution in [-0.2, 0) is 6.54 Å². The van der Waals surface area contributed by atoms with E-state index < -0.39 is 5.63 Å². The number of rotatable bonds is 3. The van der Waals surface area contributed by atoms with Gasteiger partial charge >= 0.3 is 5.63 Å². The van der Waals surface area contributed by atoms with E-state index >= 15 is 0 Å². The van der Waals surface area contributed by atoms with E-state index in [0.717, 1.165) is 42.8 Å². The third-order valence-corrected chi connectivity index (χ3v) is 5.30. The number of anilines is 1. The third-order valence-electron chi connectivity index (χ3n) is 5.30. The van der Waals surface area contributed by atoms with Crippen LogP contribution in [0.5, 0.6) is 5.75 Å². The van der Waals surface area contributed by atoms with Gasteiger partial charge in [-0.25, -0.2) is 9.18 Å². The van der Waals surface area contributed by atoms with Crippen molar-refractivity contribution in [2.45, 2.75) is 13.5 Å². The van der Waals surface area contributed by atoms with Gasteiger partial charge in [0.1, 0.15) is 17.9 Å². The lowest BCUT2D eigenvalue weighted by Crippen LogP contribution is -3.13. The number of hydrogen-bond acceptors (Lipinski definition) is 4. The number of piperazine rings is 1. The third kappa shape index (κ3) is 3.53. The molecule has 0 radical (unpaired) electrons. The quantitative estimate of drug-likeness (QED) is 0.707. The predicted octanol–water partition coefficient (Wildman–Crippen LogP) is 1.22. The molecule has 0 aliphatic carbocycles. The molecule has 1 aliphatic heterocycles. The summed E-state index contributed by atoms with van der Waals surface area (Å²) in [5.41, 5.74) is 2.39. The maximum absolute atomic E-state index is 13.1. The minimum atomic E-state index is -0.421. The van der Waals surface area contributed by atoms with Gasteiger partial charge in [-0.05, 0) is 36.8 Å². The first-order valence-corrected chi connectivity index (χ1v) is 9.09. The fourth-order valence-corrected chi connectivity index (χ4v) is 3.73.